The quantitative estimate of drug-likeness (QED) is 0.0261. The van der Waals surface area contributed by atoms with Crippen molar-refractivity contribution in [3.63, 3.8) is 0 Å². The third-order valence-electron chi connectivity index (χ3n) is 11.7. The van der Waals surface area contributed by atoms with Gasteiger partial charge in [-0.05, 0) is 64.2 Å². The Balaban J connectivity index is 2.28. The zero-order valence-electron chi connectivity index (χ0n) is 39.8. The molecule has 6 atom stereocenters. The van der Waals surface area contributed by atoms with Crippen LogP contribution in [0.15, 0.2) is 36.5 Å². The van der Waals surface area contributed by atoms with Crippen LogP contribution in [-0.2, 0) is 33.3 Å². The van der Waals surface area contributed by atoms with Gasteiger partial charge in [0, 0.05) is 12.8 Å². The van der Waals surface area contributed by atoms with E-state index in [0.717, 1.165) is 64.2 Å². The molecule has 6 unspecified atom stereocenters. The van der Waals surface area contributed by atoms with E-state index in [1.165, 1.54) is 122 Å². The molecule has 0 amide bonds. The Morgan fingerprint density at radius 3 is 1.38 bits per heavy atom. The third kappa shape index (κ3) is 33.6. The minimum absolute atomic E-state index is 0.180. The minimum Gasteiger partial charge on any atom is -0.479 e. The molecule has 0 aliphatic carbocycles. The van der Waals surface area contributed by atoms with Gasteiger partial charge < -0.3 is 39.4 Å². The summed E-state index contributed by atoms with van der Waals surface area (Å²) in [5.74, 6) is -2.46. The number of carbonyl (C=O) groups excluding carboxylic acids is 2. The molecule has 0 radical (unpaired) electrons. The largest absolute Gasteiger partial charge is 0.479 e. The molecule has 0 bridgehead atoms. The lowest BCUT2D eigenvalue weighted by Crippen LogP contribution is -2.60. The van der Waals surface area contributed by atoms with Gasteiger partial charge >= 0.3 is 17.9 Å². The number of aliphatic hydroxyl groups is 3. The first-order chi connectivity index (χ1) is 30.7. The highest BCUT2D eigenvalue weighted by molar-refractivity contribution is 5.73. The molecule has 366 valence electrons. The summed E-state index contributed by atoms with van der Waals surface area (Å²) < 4.78 is 21.8. The number of ether oxygens (including phenoxy) is 4. The maximum atomic E-state index is 12.8. The minimum atomic E-state index is -1.86. The van der Waals surface area contributed by atoms with Crippen LogP contribution >= 0.6 is 0 Å². The molecular formula is C52H92O11. The summed E-state index contributed by atoms with van der Waals surface area (Å²) in [4.78, 5) is 36.9. The van der Waals surface area contributed by atoms with Gasteiger partial charge in [0.2, 0.25) is 0 Å². The number of unbranched alkanes of at least 4 members (excludes halogenated alkanes) is 26. The number of aliphatic hydroxyl groups excluding tert-OH is 3. The molecule has 1 rings (SSSR count). The van der Waals surface area contributed by atoms with Crippen LogP contribution in [0.1, 0.15) is 226 Å². The molecule has 11 nitrogen and oxygen atoms in total. The zero-order chi connectivity index (χ0) is 46.0. The monoisotopic (exact) mass is 893 g/mol. The summed E-state index contributed by atoms with van der Waals surface area (Å²) >= 11 is 0. The van der Waals surface area contributed by atoms with Gasteiger partial charge in [0.15, 0.2) is 18.5 Å². The molecule has 1 aliphatic rings. The first kappa shape index (κ1) is 58.4. The number of esters is 2. The van der Waals surface area contributed by atoms with Crippen LogP contribution in [0.2, 0.25) is 0 Å². The molecule has 1 saturated heterocycles. The predicted molar refractivity (Wildman–Crippen MR) is 252 cm³/mol. The molecule has 1 fully saturated rings. The summed E-state index contributed by atoms with van der Waals surface area (Å²) in [6.45, 7) is 3.78. The highest BCUT2D eigenvalue weighted by atomic mass is 16.7. The lowest BCUT2D eigenvalue weighted by Gasteiger charge is -2.38. The van der Waals surface area contributed by atoms with E-state index in [1.54, 1.807) is 0 Å². The standard InChI is InChI=1S/C52H92O11/c1-3-5-7-9-11-13-15-17-19-20-21-22-23-24-25-26-27-29-31-33-35-37-39-41-46(54)62-44(43-61-52-49(57)47(55)48(56)50(63-52)51(58)59)42-60-45(53)40-38-36-34-32-30-28-18-16-14-12-10-8-6-4-2/h10,12,16,18,20-21,44,47-50,52,55-57H,3-9,11,13-15,17,19,22-43H2,1-2H3,(H,58,59)/b12-10-,18-16-,21-20-. The van der Waals surface area contributed by atoms with Crippen LogP contribution in [0.3, 0.4) is 0 Å². The van der Waals surface area contributed by atoms with Crippen molar-refractivity contribution < 1.29 is 53.8 Å². The Labute approximate surface area is 382 Å². The van der Waals surface area contributed by atoms with Gasteiger partial charge in [-0.3, -0.25) is 9.59 Å². The number of aliphatic carboxylic acids is 1. The average molecular weight is 893 g/mol. The SMILES string of the molecule is CCCC/C=C\C/C=C\CCCCCCCC(=O)OCC(COC1OC(C(=O)O)C(O)C(O)C1O)OC(=O)CCCCCCCCCCCCC/C=C\CCCCCCCCCC. The molecule has 11 heteroatoms. The van der Waals surface area contributed by atoms with Crippen LogP contribution in [-0.4, -0.2) is 88.4 Å². The smallest absolute Gasteiger partial charge is 0.335 e. The van der Waals surface area contributed by atoms with Gasteiger partial charge in [0.05, 0.1) is 6.61 Å². The normalized spacial score (nSPS) is 19.7. The summed E-state index contributed by atoms with van der Waals surface area (Å²) in [6.07, 6.45) is 40.5. The zero-order valence-corrected chi connectivity index (χ0v) is 39.8. The van der Waals surface area contributed by atoms with Gasteiger partial charge in [-0.2, -0.15) is 0 Å². The molecule has 4 N–H and O–H groups in total. The Morgan fingerprint density at radius 1 is 0.492 bits per heavy atom. The lowest BCUT2D eigenvalue weighted by atomic mass is 9.99. The van der Waals surface area contributed by atoms with Crippen LogP contribution in [0.5, 0.6) is 0 Å². The molecule has 0 aromatic carbocycles. The number of carboxylic acids is 1. The number of carbonyl (C=O) groups is 3. The molecule has 0 aromatic heterocycles. The summed E-state index contributed by atoms with van der Waals surface area (Å²) in [6, 6.07) is 0. The molecule has 0 aromatic rings. The fourth-order valence-electron chi connectivity index (χ4n) is 7.66. The van der Waals surface area contributed by atoms with Crippen LogP contribution in [0.25, 0.3) is 0 Å². The number of allylic oxidation sites excluding steroid dienone is 6. The van der Waals surface area contributed by atoms with E-state index in [-0.39, 0.29) is 19.4 Å². The third-order valence-corrected chi connectivity index (χ3v) is 11.7. The number of rotatable bonds is 43. The van der Waals surface area contributed by atoms with E-state index in [0.29, 0.717) is 12.8 Å². The van der Waals surface area contributed by atoms with E-state index >= 15 is 0 Å². The van der Waals surface area contributed by atoms with Gasteiger partial charge in [-0.25, -0.2) is 4.79 Å². The Hall–Kier alpha value is -2.57. The maximum absolute atomic E-state index is 12.8. The van der Waals surface area contributed by atoms with Crippen molar-refractivity contribution in [3.05, 3.63) is 36.5 Å². The van der Waals surface area contributed by atoms with Crippen molar-refractivity contribution in [1.29, 1.82) is 0 Å². The molecule has 1 heterocycles. The number of hydrogen-bond acceptors (Lipinski definition) is 10. The van der Waals surface area contributed by atoms with E-state index in [9.17, 15) is 34.8 Å². The highest BCUT2D eigenvalue weighted by Crippen LogP contribution is 2.23. The topological polar surface area (TPSA) is 169 Å². The summed E-state index contributed by atoms with van der Waals surface area (Å²) in [5, 5.41) is 39.9. The fraction of sp³-hybridized carbons (Fsp3) is 0.827. The fourth-order valence-corrected chi connectivity index (χ4v) is 7.66. The summed E-state index contributed by atoms with van der Waals surface area (Å²) in [7, 11) is 0. The van der Waals surface area contributed by atoms with E-state index < -0.39 is 61.3 Å². The maximum Gasteiger partial charge on any atom is 0.335 e. The van der Waals surface area contributed by atoms with Crippen molar-refractivity contribution in [2.45, 2.75) is 263 Å². The van der Waals surface area contributed by atoms with Crippen molar-refractivity contribution in [2.24, 2.45) is 0 Å². The Bertz CT molecular complexity index is 1190. The average Bonchev–Trinajstić information content (AvgIpc) is 3.27. The Morgan fingerprint density at radius 2 is 0.905 bits per heavy atom. The van der Waals surface area contributed by atoms with Crippen LogP contribution in [0, 0.1) is 0 Å². The second kappa shape index (κ2) is 42.1. The molecule has 63 heavy (non-hydrogen) atoms. The first-order valence-corrected chi connectivity index (χ1v) is 25.5. The molecule has 0 spiro atoms. The summed E-state index contributed by atoms with van der Waals surface area (Å²) in [5.41, 5.74) is 0. The van der Waals surface area contributed by atoms with Crippen LogP contribution in [0.4, 0.5) is 0 Å². The molecule has 1 aliphatic heterocycles. The molecule has 0 saturated carbocycles. The predicted octanol–water partition coefficient (Wildman–Crippen LogP) is 11.9. The van der Waals surface area contributed by atoms with Crippen molar-refractivity contribution in [1.82, 2.24) is 0 Å². The van der Waals surface area contributed by atoms with Crippen LogP contribution < -0.4 is 0 Å². The Kier molecular flexibility index (Phi) is 39.0. The van der Waals surface area contributed by atoms with Gasteiger partial charge in [0.1, 0.15) is 24.9 Å². The number of hydrogen-bond donors (Lipinski definition) is 4. The van der Waals surface area contributed by atoms with Gasteiger partial charge in [-0.15, -0.1) is 0 Å². The van der Waals surface area contributed by atoms with Gasteiger partial charge in [-0.1, -0.05) is 185 Å². The van der Waals surface area contributed by atoms with E-state index in [4.69, 9.17) is 18.9 Å². The first-order valence-electron chi connectivity index (χ1n) is 25.5. The molecular weight excluding hydrogens is 801 g/mol. The van der Waals surface area contributed by atoms with Crippen molar-refractivity contribution in [3.8, 4) is 0 Å². The lowest BCUT2D eigenvalue weighted by molar-refractivity contribution is -0.298. The second-order valence-corrected chi connectivity index (χ2v) is 17.7. The van der Waals surface area contributed by atoms with E-state index in [2.05, 4.69) is 50.3 Å². The van der Waals surface area contributed by atoms with Gasteiger partial charge in [0.25, 0.3) is 0 Å². The van der Waals surface area contributed by atoms with Crippen molar-refractivity contribution >= 4 is 17.9 Å². The number of carboxylic acid groups (broad SMARTS) is 1. The second-order valence-electron chi connectivity index (χ2n) is 17.7. The van der Waals surface area contributed by atoms with Crippen molar-refractivity contribution in [2.75, 3.05) is 13.2 Å². The highest BCUT2D eigenvalue weighted by Gasteiger charge is 2.47. The van der Waals surface area contributed by atoms with E-state index in [1.807, 2.05) is 0 Å².